The van der Waals surface area contributed by atoms with Crippen molar-refractivity contribution < 1.29 is 63.5 Å². The van der Waals surface area contributed by atoms with Gasteiger partial charge in [-0.2, -0.15) is 0 Å². The number of phenolic OH excluding ortho intramolecular Hbond substituents is 1. The van der Waals surface area contributed by atoms with Crippen LogP contribution in [0.5, 0.6) is 5.75 Å². The predicted molar refractivity (Wildman–Crippen MR) is 157 cm³/mol. The van der Waals surface area contributed by atoms with E-state index in [1.807, 2.05) is 30.3 Å². The fourth-order valence-corrected chi connectivity index (χ4v) is 6.06. The van der Waals surface area contributed by atoms with E-state index in [0.29, 0.717) is 5.56 Å². The predicted octanol–water partition coefficient (Wildman–Crippen LogP) is 0.644. The average Bonchev–Trinajstić information content (AvgIpc) is 3.75. The van der Waals surface area contributed by atoms with Crippen LogP contribution in [0.15, 0.2) is 79.1 Å². The molecule has 0 aromatic heterocycles. The summed E-state index contributed by atoms with van der Waals surface area (Å²) in [4.78, 5) is 24.8. The number of esters is 2. The van der Waals surface area contributed by atoms with E-state index >= 15 is 0 Å². The zero-order valence-corrected chi connectivity index (χ0v) is 24.4. The Bertz CT molecular complexity index is 1470. The zero-order chi connectivity index (χ0) is 32.4. The van der Waals surface area contributed by atoms with Crippen LogP contribution in [0.25, 0.3) is 12.2 Å². The molecule has 4 aliphatic rings. The SMILES string of the molecule is O=C(/C=C/c1ccc(O)cc1)OC[C@H]1O[C@@H](O[C@H]2OC=C[C@@H]3[C@@H](O)[C@@H]4O[C@]4(COC(=O)/C=C/c4ccccc4)[C@@H]23)[C@H](O)[C@@H](O)[C@@H]1O. The normalized spacial score (nSPS) is 36.2. The summed E-state index contributed by atoms with van der Waals surface area (Å²) in [6, 6.07) is 15.3. The molecule has 11 atom stereocenters. The summed E-state index contributed by atoms with van der Waals surface area (Å²) in [5, 5.41) is 52.1. The van der Waals surface area contributed by atoms with Crippen molar-refractivity contribution in [3.8, 4) is 5.75 Å². The summed E-state index contributed by atoms with van der Waals surface area (Å²) >= 11 is 0. The number of carbonyl (C=O) groups excluding carboxylic acids is 2. The van der Waals surface area contributed by atoms with Crippen LogP contribution in [0.3, 0.4) is 0 Å². The number of aliphatic hydroxyl groups is 4. The van der Waals surface area contributed by atoms with Gasteiger partial charge in [0.2, 0.25) is 6.29 Å². The third kappa shape index (κ3) is 6.57. The lowest BCUT2D eigenvalue weighted by molar-refractivity contribution is -0.344. The Hall–Kier alpha value is -4.08. The van der Waals surface area contributed by atoms with Crippen molar-refractivity contribution in [1.82, 2.24) is 0 Å². The van der Waals surface area contributed by atoms with Gasteiger partial charge in [-0.1, -0.05) is 42.5 Å². The number of aliphatic hydroxyl groups excluding tert-OH is 4. The number of ether oxygens (including phenoxy) is 6. The quantitative estimate of drug-likeness (QED) is 0.138. The van der Waals surface area contributed by atoms with E-state index in [0.717, 1.165) is 11.6 Å². The van der Waals surface area contributed by atoms with Gasteiger partial charge in [-0.3, -0.25) is 0 Å². The van der Waals surface area contributed by atoms with E-state index in [-0.39, 0.29) is 12.4 Å². The highest BCUT2D eigenvalue weighted by molar-refractivity contribution is 5.87. The van der Waals surface area contributed by atoms with Crippen molar-refractivity contribution in [2.24, 2.45) is 11.8 Å². The molecular formula is C33H34O13. The van der Waals surface area contributed by atoms with Gasteiger partial charge in [-0.05, 0) is 41.5 Å². The molecule has 3 aliphatic heterocycles. The Balaban J connectivity index is 1.08. The molecule has 1 aliphatic carbocycles. The Morgan fingerprint density at radius 2 is 1.48 bits per heavy atom. The molecule has 0 bridgehead atoms. The highest BCUT2D eigenvalue weighted by Crippen LogP contribution is 2.60. The monoisotopic (exact) mass is 638 g/mol. The summed E-state index contributed by atoms with van der Waals surface area (Å²) in [7, 11) is 0. The van der Waals surface area contributed by atoms with Crippen LogP contribution in [-0.2, 0) is 38.0 Å². The third-order valence-electron chi connectivity index (χ3n) is 8.54. The number of fused-ring (bicyclic) bond motifs is 3. The second-order valence-electron chi connectivity index (χ2n) is 11.5. The van der Waals surface area contributed by atoms with Crippen molar-refractivity contribution in [2.75, 3.05) is 13.2 Å². The summed E-state index contributed by atoms with van der Waals surface area (Å²) in [5.41, 5.74) is 0.295. The first-order valence-corrected chi connectivity index (χ1v) is 14.7. The molecule has 3 heterocycles. The van der Waals surface area contributed by atoms with Gasteiger partial charge in [-0.15, -0.1) is 0 Å². The highest BCUT2D eigenvalue weighted by Gasteiger charge is 2.76. The molecule has 244 valence electrons. The number of rotatable bonds is 10. The van der Waals surface area contributed by atoms with E-state index in [9.17, 15) is 35.1 Å². The molecule has 0 unspecified atom stereocenters. The molecule has 0 spiro atoms. The number of phenols is 1. The van der Waals surface area contributed by atoms with E-state index in [1.54, 1.807) is 24.3 Å². The molecule has 0 radical (unpaired) electrons. The van der Waals surface area contributed by atoms with Gasteiger partial charge in [-0.25, -0.2) is 9.59 Å². The summed E-state index contributed by atoms with van der Waals surface area (Å²) < 4.78 is 33.9. The van der Waals surface area contributed by atoms with E-state index in [2.05, 4.69) is 0 Å². The third-order valence-corrected chi connectivity index (χ3v) is 8.54. The molecule has 2 saturated heterocycles. The minimum Gasteiger partial charge on any atom is -0.508 e. The number of epoxide rings is 1. The van der Waals surface area contributed by atoms with Gasteiger partial charge < -0.3 is 54.0 Å². The van der Waals surface area contributed by atoms with Crippen molar-refractivity contribution in [1.29, 1.82) is 0 Å². The van der Waals surface area contributed by atoms with Gasteiger partial charge in [0.1, 0.15) is 55.1 Å². The van der Waals surface area contributed by atoms with Crippen LogP contribution < -0.4 is 0 Å². The highest BCUT2D eigenvalue weighted by atomic mass is 16.8. The molecular weight excluding hydrogens is 604 g/mol. The van der Waals surface area contributed by atoms with Crippen LogP contribution in [0.1, 0.15) is 11.1 Å². The Labute approximate surface area is 263 Å². The number of carbonyl (C=O) groups is 2. The summed E-state index contributed by atoms with van der Waals surface area (Å²) in [6.45, 7) is -0.697. The molecule has 6 rings (SSSR count). The van der Waals surface area contributed by atoms with Crippen molar-refractivity contribution in [2.45, 2.75) is 54.8 Å². The van der Waals surface area contributed by atoms with Crippen molar-refractivity contribution >= 4 is 24.1 Å². The molecule has 2 aromatic carbocycles. The number of hydrogen-bond donors (Lipinski definition) is 5. The summed E-state index contributed by atoms with van der Waals surface area (Å²) in [5.74, 6) is -2.52. The lowest BCUT2D eigenvalue weighted by Gasteiger charge is -2.43. The maximum Gasteiger partial charge on any atom is 0.330 e. The minimum absolute atomic E-state index is 0.0741. The van der Waals surface area contributed by atoms with Gasteiger partial charge in [0, 0.05) is 18.1 Å². The lowest BCUT2D eigenvalue weighted by atomic mass is 9.85. The molecule has 1 saturated carbocycles. The molecule has 13 heteroatoms. The van der Waals surface area contributed by atoms with E-state index < -0.39 is 85.2 Å². The first-order chi connectivity index (χ1) is 22.2. The second-order valence-corrected chi connectivity index (χ2v) is 11.5. The Morgan fingerprint density at radius 3 is 2.20 bits per heavy atom. The maximum atomic E-state index is 12.5. The van der Waals surface area contributed by atoms with E-state index in [4.69, 9.17) is 28.4 Å². The summed E-state index contributed by atoms with van der Waals surface area (Å²) in [6.07, 6.45) is -2.23. The van der Waals surface area contributed by atoms with Gasteiger partial charge >= 0.3 is 11.9 Å². The molecule has 13 nitrogen and oxygen atoms in total. The topological polar surface area (TPSA) is 194 Å². The molecule has 2 aromatic rings. The standard InChI is InChI=1S/C33H34O13/c34-20-10-6-19(7-11-20)9-12-23(35)42-16-22-27(38)28(39)29(40)32(44-22)45-31-25-21(14-15-41-31)26(37)30-33(25,46-30)17-43-24(36)13-8-18-4-2-1-3-5-18/h1-15,21-22,25-32,34,37-40H,16-17H2/b12-9+,13-8+/t21-,22+,25+,26+,27+,28-,29+,30-,31+,32-,33+/m0/s1. The molecule has 5 N–H and O–H groups in total. The van der Waals surface area contributed by atoms with Gasteiger partial charge in [0.15, 0.2) is 6.29 Å². The Morgan fingerprint density at radius 1 is 0.804 bits per heavy atom. The smallest absolute Gasteiger partial charge is 0.330 e. The average molecular weight is 639 g/mol. The maximum absolute atomic E-state index is 12.5. The van der Waals surface area contributed by atoms with Crippen LogP contribution in [0.4, 0.5) is 0 Å². The number of hydrogen-bond acceptors (Lipinski definition) is 13. The van der Waals surface area contributed by atoms with Crippen molar-refractivity contribution in [3.05, 3.63) is 90.2 Å². The minimum atomic E-state index is -1.73. The van der Waals surface area contributed by atoms with E-state index in [1.165, 1.54) is 30.5 Å². The van der Waals surface area contributed by atoms with Crippen LogP contribution >= 0.6 is 0 Å². The van der Waals surface area contributed by atoms with Crippen LogP contribution in [0.2, 0.25) is 0 Å². The van der Waals surface area contributed by atoms with Crippen LogP contribution in [0, 0.1) is 11.8 Å². The lowest BCUT2D eigenvalue weighted by Crippen LogP contribution is -2.60. The van der Waals surface area contributed by atoms with Crippen LogP contribution in [-0.4, -0.2) is 105 Å². The second kappa shape index (κ2) is 13.3. The van der Waals surface area contributed by atoms with Gasteiger partial charge in [0.05, 0.1) is 18.3 Å². The molecule has 46 heavy (non-hydrogen) atoms. The fraction of sp³-hybridized carbons (Fsp3) is 0.394. The number of benzene rings is 2. The fourth-order valence-electron chi connectivity index (χ4n) is 6.06. The zero-order valence-electron chi connectivity index (χ0n) is 24.4. The molecule has 0 amide bonds. The Kier molecular flexibility index (Phi) is 9.25. The van der Waals surface area contributed by atoms with Crippen molar-refractivity contribution in [3.63, 3.8) is 0 Å². The molecule has 3 fully saturated rings. The first kappa shape index (κ1) is 31.9. The number of aromatic hydroxyl groups is 1. The van der Waals surface area contributed by atoms with Gasteiger partial charge in [0.25, 0.3) is 0 Å². The largest absolute Gasteiger partial charge is 0.508 e. The first-order valence-electron chi connectivity index (χ1n) is 14.7.